The summed E-state index contributed by atoms with van der Waals surface area (Å²) in [5.41, 5.74) is 7.14. The molecule has 2 aromatic carbocycles. The standard InChI is InChI=1S/C15H14Cl3NS/c16-11-4-6-13(7-5-11)20-9-12(19)8-10-2-1-3-14(17)15(10)18/h1-7,12H,8-9,19H2. The van der Waals surface area contributed by atoms with Crippen molar-refractivity contribution in [3.8, 4) is 0 Å². The van der Waals surface area contributed by atoms with Crippen LogP contribution in [0, 0.1) is 0 Å². The van der Waals surface area contributed by atoms with Gasteiger partial charge >= 0.3 is 0 Å². The summed E-state index contributed by atoms with van der Waals surface area (Å²) in [6.07, 6.45) is 0.708. The number of benzene rings is 2. The minimum absolute atomic E-state index is 0.0200. The molecule has 0 aliphatic rings. The van der Waals surface area contributed by atoms with Crippen LogP contribution in [0.2, 0.25) is 15.1 Å². The molecular formula is C15H14Cl3NS. The molecule has 1 unspecified atom stereocenters. The van der Waals surface area contributed by atoms with Crippen LogP contribution < -0.4 is 5.73 Å². The molecule has 106 valence electrons. The highest BCUT2D eigenvalue weighted by Crippen LogP contribution is 2.27. The average molecular weight is 347 g/mol. The first-order chi connectivity index (χ1) is 9.56. The molecule has 0 amide bonds. The highest BCUT2D eigenvalue weighted by Gasteiger charge is 2.10. The van der Waals surface area contributed by atoms with E-state index in [-0.39, 0.29) is 6.04 Å². The van der Waals surface area contributed by atoms with Crippen molar-refractivity contribution in [1.82, 2.24) is 0 Å². The van der Waals surface area contributed by atoms with Crippen LogP contribution in [0.1, 0.15) is 5.56 Å². The van der Waals surface area contributed by atoms with Crippen molar-refractivity contribution in [1.29, 1.82) is 0 Å². The molecule has 0 fully saturated rings. The highest BCUT2D eigenvalue weighted by molar-refractivity contribution is 7.99. The maximum Gasteiger partial charge on any atom is 0.0624 e. The highest BCUT2D eigenvalue weighted by atomic mass is 35.5. The molecule has 0 spiro atoms. The number of thioether (sulfide) groups is 1. The molecular weight excluding hydrogens is 333 g/mol. The quantitative estimate of drug-likeness (QED) is 0.743. The van der Waals surface area contributed by atoms with Crippen LogP contribution in [0.15, 0.2) is 47.4 Å². The van der Waals surface area contributed by atoms with Gasteiger partial charge in [0.25, 0.3) is 0 Å². The molecule has 5 heteroatoms. The lowest BCUT2D eigenvalue weighted by Gasteiger charge is -2.13. The van der Waals surface area contributed by atoms with E-state index in [4.69, 9.17) is 40.5 Å². The van der Waals surface area contributed by atoms with Gasteiger partial charge < -0.3 is 5.73 Å². The number of nitrogens with two attached hydrogens (primary N) is 1. The van der Waals surface area contributed by atoms with Crippen molar-refractivity contribution in [3.63, 3.8) is 0 Å². The number of hydrogen-bond acceptors (Lipinski definition) is 2. The zero-order valence-electron chi connectivity index (χ0n) is 10.7. The molecule has 1 nitrogen and oxygen atoms in total. The van der Waals surface area contributed by atoms with E-state index in [0.717, 1.165) is 21.2 Å². The van der Waals surface area contributed by atoms with E-state index >= 15 is 0 Å². The number of hydrogen-bond donors (Lipinski definition) is 1. The summed E-state index contributed by atoms with van der Waals surface area (Å²) in [6.45, 7) is 0. The lowest BCUT2D eigenvalue weighted by molar-refractivity contribution is 0.749. The Balaban J connectivity index is 1.91. The van der Waals surface area contributed by atoms with E-state index in [1.54, 1.807) is 17.8 Å². The molecule has 0 aliphatic heterocycles. The lowest BCUT2D eigenvalue weighted by Crippen LogP contribution is -2.25. The maximum atomic E-state index is 6.16. The largest absolute Gasteiger partial charge is 0.327 e. The molecule has 0 heterocycles. The molecule has 20 heavy (non-hydrogen) atoms. The van der Waals surface area contributed by atoms with Crippen molar-refractivity contribution in [2.45, 2.75) is 17.4 Å². The van der Waals surface area contributed by atoms with E-state index in [1.807, 2.05) is 36.4 Å². The fourth-order valence-corrected chi connectivity index (χ4v) is 3.16. The molecule has 2 N–H and O–H groups in total. The summed E-state index contributed by atoms with van der Waals surface area (Å²) in [5.74, 6) is 0.810. The van der Waals surface area contributed by atoms with Crippen LogP contribution in [0.4, 0.5) is 0 Å². The van der Waals surface area contributed by atoms with Crippen LogP contribution in [-0.4, -0.2) is 11.8 Å². The van der Waals surface area contributed by atoms with Gasteiger partial charge in [0, 0.05) is 21.7 Å². The Morgan fingerprint density at radius 2 is 1.70 bits per heavy atom. The van der Waals surface area contributed by atoms with Crippen molar-refractivity contribution >= 4 is 46.6 Å². The first-order valence-electron chi connectivity index (χ1n) is 6.13. The van der Waals surface area contributed by atoms with Gasteiger partial charge in [-0.1, -0.05) is 46.9 Å². The van der Waals surface area contributed by atoms with Crippen molar-refractivity contribution in [2.75, 3.05) is 5.75 Å². The third kappa shape index (κ3) is 4.57. The minimum Gasteiger partial charge on any atom is -0.327 e. The maximum absolute atomic E-state index is 6.16. The van der Waals surface area contributed by atoms with Gasteiger partial charge in [-0.2, -0.15) is 0 Å². The predicted molar refractivity (Wildman–Crippen MR) is 90.3 cm³/mol. The van der Waals surface area contributed by atoms with Gasteiger partial charge in [-0.25, -0.2) is 0 Å². The Kier molecular flexibility index (Phi) is 6.06. The molecule has 0 aliphatic carbocycles. The zero-order valence-corrected chi connectivity index (χ0v) is 13.7. The van der Waals surface area contributed by atoms with E-state index in [1.165, 1.54) is 0 Å². The summed E-state index contributed by atoms with van der Waals surface area (Å²) in [5, 5.41) is 1.91. The normalized spacial score (nSPS) is 12.4. The van der Waals surface area contributed by atoms with Crippen LogP contribution in [0.25, 0.3) is 0 Å². The summed E-state index contributed by atoms with van der Waals surface area (Å²) >= 11 is 19.7. The van der Waals surface area contributed by atoms with E-state index in [9.17, 15) is 0 Å². The second-order valence-electron chi connectivity index (χ2n) is 4.44. The number of halogens is 3. The molecule has 0 radical (unpaired) electrons. The third-order valence-corrected chi connectivity index (χ3v) is 5.10. The molecule has 2 aromatic rings. The SMILES string of the molecule is NC(CSc1ccc(Cl)cc1)Cc1cccc(Cl)c1Cl. The Morgan fingerprint density at radius 1 is 1.00 bits per heavy atom. The van der Waals surface area contributed by atoms with Crippen LogP contribution in [-0.2, 0) is 6.42 Å². The van der Waals surface area contributed by atoms with Gasteiger partial charge in [0.05, 0.1) is 10.0 Å². The summed E-state index contributed by atoms with van der Waals surface area (Å²) < 4.78 is 0. The predicted octanol–water partition coefficient (Wildman–Crippen LogP) is 5.31. The fourth-order valence-electron chi connectivity index (χ4n) is 1.78. The first kappa shape index (κ1) is 16.0. The summed E-state index contributed by atoms with van der Waals surface area (Å²) in [6, 6.07) is 13.4. The topological polar surface area (TPSA) is 26.0 Å². The minimum atomic E-state index is 0.0200. The average Bonchev–Trinajstić information content (AvgIpc) is 2.43. The third-order valence-electron chi connectivity index (χ3n) is 2.79. The molecule has 0 bridgehead atoms. The fraction of sp³-hybridized carbons (Fsp3) is 0.200. The van der Waals surface area contributed by atoms with E-state index < -0.39 is 0 Å². The van der Waals surface area contributed by atoms with Crippen molar-refractivity contribution < 1.29 is 0 Å². The number of rotatable bonds is 5. The van der Waals surface area contributed by atoms with Gasteiger partial charge in [0.15, 0.2) is 0 Å². The Morgan fingerprint density at radius 3 is 2.40 bits per heavy atom. The smallest absolute Gasteiger partial charge is 0.0624 e. The second-order valence-corrected chi connectivity index (χ2v) is 6.76. The molecule has 0 saturated heterocycles. The molecule has 1 atom stereocenters. The van der Waals surface area contributed by atoms with Gasteiger partial charge in [-0.3, -0.25) is 0 Å². The van der Waals surface area contributed by atoms with Gasteiger partial charge in [-0.15, -0.1) is 11.8 Å². The summed E-state index contributed by atoms with van der Waals surface area (Å²) in [4.78, 5) is 1.15. The summed E-state index contributed by atoms with van der Waals surface area (Å²) in [7, 11) is 0. The molecule has 0 saturated carbocycles. The lowest BCUT2D eigenvalue weighted by atomic mass is 10.1. The molecule has 2 rings (SSSR count). The first-order valence-corrected chi connectivity index (χ1v) is 8.25. The van der Waals surface area contributed by atoms with Gasteiger partial charge in [0.1, 0.15) is 0 Å². The van der Waals surface area contributed by atoms with Gasteiger partial charge in [0.2, 0.25) is 0 Å². The van der Waals surface area contributed by atoms with Crippen molar-refractivity contribution in [2.24, 2.45) is 5.73 Å². The molecule has 0 aromatic heterocycles. The second kappa shape index (κ2) is 7.58. The van der Waals surface area contributed by atoms with E-state index in [2.05, 4.69) is 0 Å². The monoisotopic (exact) mass is 345 g/mol. The zero-order chi connectivity index (χ0) is 14.5. The van der Waals surface area contributed by atoms with Crippen LogP contribution in [0.5, 0.6) is 0 Å². The Bertz CT molecular complexity index is 572. The van der Waals surface area contributed by atoms with E-state index in [0.29, 0.717) is 16.5 Å². The van der Waals surface area contributed by atoms with Crippen molar-refractivity contribution in [3.05, 3.63) is 63.1 Å². The van der Waals surface area contributed by atoms with Crippen LogP contribution >= 0.6 is 46.6 Å². The van der Waals surface area contributed by atoms with Crippen LogP contribution in [0.3, 0.4) is 0 Å². The van der Waals surface area contributed by atoms with Gasteiger partial charge in [-0.05, 0) is 42.3 Å². The Labute approximate surface area is 138 Å². The Hall–Kier alpha value is -0.380.